The standard InChI is InChI=1S/C16H18N2O3S2/c19-16(18-21-15-7-3-4-8-20-15)13-5-1-2-6-14(13)23-10-12-9-22-11-17-12/h1-2,5-6,9,11,15H,3-4,7-8,10H2,(H,18,19). The molecule has 2 heterocycles. The van der Waals surface area contributed by atoms with E-state index in [-0.39, 0.29) is 12.2 Å². The Kier molecular flexibility index (Phi) is 6.04. The molecule has 1 aromatic heterocycles. The number of aromatic nitrogens is 1. The van der Waals surface area contributed by atoms with Gasteiger partial charge >= 0.3 is 0 Å². The molecule has 2 aromatic rings. The molecule has 1 N–H and O–H groups in total. The van der Waals surface area contributed by atoms with Gasteiger partial charge in [-0.2, -0.15) is 0 Å². The van der Waals surface area contributed by atoms with E-state index in [2.05, 4.69) is 10.5 Å². The quantitative estimate of drug-likeness (QED) is 0.637. The Bertz CT molecular complexity index is 628. The number of rotatable bonds is 6. The molecule has 1 aliphatic rings. The molecule has 1 fully saturated rings. The van der Waals surface area contributed by atoms with Crippen LogP contribution in [0.5, 0.6) is 0 Å². The highest BCUT2D eigenvalue weighted by Gasteiger charge is 2.17. The van der Waals surface area contributed by atoms with Crippen LogP contribution < -0.4 is 5.48 Å². The average Bonchev–Trinajstić information content (AvgIpc) is 3.12. The van der Waals surface area contributed by atoms with Crippen molar-refractivity contribution in [3.05, 3.63) is 46.4 Å². The summed E-state index contributed by atoms with van der Waals surface area (Å²) in [5, 5.41) is 2.01. The third kappa shape index (κ3) is 4.78. The first-order valence-electron chi connectivity index (χ1n) is 7.49. The number of carbonyl (C=O) groups is 1. The van der Waals surface area contributed by atoms with Crippen molar-refractivity contribution in [3.8, 4) is 0 Å². The number of nitrogens with zero attached hydrogens (tertiary/aromatic N) is 1. The van der Waals surface area contributed by atoms with Gasteiger partial charge in [0, 0.05) is 29.1 Å². The van der Waals surface area contributed by atoms with Crippen LogP contribution in [0.1, 0.15) is 35.3 Å². The molecule has 0 saturated carbocycles. The zero-order valence-corrected chi connectivity index (χ0v) is 14.2. The summed E-state index contributed by atoms with van der Waals surface area (Å²) in [7, 11) is 0. The molecule has 1 unspecified atom stereocenters. The van der Waals surface area contributed by atoms with Crippen molar-refractivity contribution in [2.45, 2.75) is 36.2 Å². The number of amides is 1. The van der Waals surface area contributed by atoms with Crippen LogP contribution in [-0.2, 0) is 15.3 Å². The molecule has 1 amide bonds. The Morgan fingerprint density at radius 3 is 3.13 bits per heavy atom. The van der Waals surface area contributed by atoms with Crippen molar-refractivity contribution in [1.29, 1.82) is 0 Å². The van der Waals surface area contributed by atoms with E-state index >= 15 is 0 Å². The highest BCUT2D eigenvalue weighted by atomic mass is 32.2. The number of benzene rings is 1. The van der Waals surface area contributed by atoms with Gasteiger partial charge in [-0.15, -0.1) is 23.1 Å². The summed E-state index contributed by atoms with van der Waals surface area (Å²) in [4.78, 5) is 22.9. The number of hydrogen-bond donors (Lipinski definition) is 1. The SMILES string of the molecule is O=C(NOC1CCCCO1)c1ccccc1SCc1cscn1. The first-order valence-corrected chi connectivity index (χ1v) is 9.42. The zero-order chi connectivity index (χ0) is 15.9. The van der Waals surface area contributed by atoms with Gasteiger partial charge in [-0.3, -0.25) is 4.79 Å². The number of carbonyl (C=O) groups excluding carboxylic acids is 1. The molecule has 1 atom stereocenters. The van der Waals surface area contributed by atoms with Crippen LogP contribution in [0.4, 0.5) is 0 Å². The number of thiazole rings is 1. The van der Waals surface area contributed by atoms with Crippen LogP contribution in [0.3, 0.4) is 0 Å². The van der Waals surface area contributed by atoms with E-state index in [9.17, 15) is 4.79 Å². The Hall–Kier alpha value is -1.41. The molecule has 1 saturated heterocycles. The van der Waals surface area contributed by atoms with Gasteiger partial charge in [0.05, 0.1) is 16.8 Å². The summed E-state index contributed by atoms with van der Waals surface area (Å²) in [5.74, 6) is 0.487. The Morgan fingerprint density at radius 1 is 1.43 bits per heavy atom. The molecule has 0 spiro atoms. The average molecular weight is 350 g/mol. The summed E-state index contributed by atoms with van der Waals surface area (Å²) < 4.78 is 5.44. The van der Waals surface area contributed by atoms with E-state index < -0.39 is 0 Å². The van der Waals surface area contributed by atoms with E-state index in [0.29, 0.717) is 12.2 Å². The number of thioether (sulfide) groups is 1. The highest BCUT2D eigenvalue weighted by Crippen LogP contribution is 2.26. The molecule has 0 radical (unpaired) electrons. The smallest absolute Gasteiger partial charge is 0.276 e. The summed E-state index contributed by atoms with van der Waals surface area (Å²) in [6.45, 7) is 0.681. The van der Waals surface area contributed by atoms with Crippen molar-refractivity contribution >= 4 is 29.0 Å². The Morgan fingerprint density at radius 2 is 2.35 bits per heavy atom. The maximum atomic E-state index is 12.4. The van der Waals surface area contributed by atoms with Gasteiger partial charge in [0.1, 0.15) is 0 Å². The minimum atomic E-state index is -0.345. The Labute approximate surface area is 143 Å². The van der Waals surface area contributed by atoms with Crippen molar-refractivity contribution in [3.63, 3.8) is 0 Å². The largest absolute Gasteiger partial charge is 0.350 e. The third-order valence-corrected chi connectivity index (χ3v) is 5.15. The number of hydrogen-bond acceptors (Lipinski definition) is 6. The second kappa shape index (κ2) is 8.44. The van der Waals surface area contributed by atoms with Crippen molar-refractivity contribution in [2.24, 2.45) is 0 Å². The maximum absolute atomic E-state index is 12.4. The monoisotopic (exact) mass is 350 g/mol. The van der Waals surface area contributed by atoms with Gasteiger partial charge in [-0.25, -0.2) is 15.3 Å². The summed E-state index contributed by atoms with van der Waals surface area (Å²) in [5.41, 5.74) is 5.94. The Balaban J connectivity index is 1.58. The van der Waals surface area contributed by atoms with Gasteiger partial charge in [0.25, 0.3) is 5.91 Å². The molecule has 3 rings (SSSR count). The molecule has 122 valence electrons. The van der Waals surface area contributed by atoms with Crippen LogP contribution >= 0.6 is 23.1 Å². The van der Waals surface area contributed by atoms with Crippen LogP contribution in [0.25, 0.3) is 0 Å². The minimum absolute atomic E-state index is 0.249. The second-order valence-electron chi connectivity index (χ2n) is 5.11. The van der Waals surface area contributed by atoms with E-state index in [1.54, 1.807) is 29.2 Å². The first kappa shape index (κ1) is 16.4. The van der Waals surface area contributed by atoms with Crippen molar-refractivity contribution in [1.82, 2.24) is 10.5 Å². The van der Waals surface area contributed by atoms with Crippen LogP contribution in [0.2, 0.25) is 0 Å². The minimum Gasteiger partial charge on any atom is -0.350 e. The number of ether oxygens (including phenoxy) is 1. The highest BCUT2D eigenvalue weighted by molar-refractivity contribution is 7.98. The van der Waals surface area contributed by atoms with Crippen LogP contribution in [-0.4, -0.2) is 23.8 Å². The van der Waals surface area contributed by atoms with Crippen molar-refractivity contribution < 1.29 is 14.4 Å². The molecule has 5 nitrogen and oxygen atoms in total. The second-order valence-corrected chi connectivity index (χ2v) is 6.85. The van der Waals surface area contributed by atoms with E-state index in [0.717, 1.165) is 35.6 Å². The lowest BCUT2D eigenvalue weighted by Gasteiger charge is -2.22. The fourth-order valence-corrected chi connectivity index (χ4v) is 3.84. The van der Waals surface area contributed by atoms with E-state index in [1.807, 2.05) is 29.1 Å². The van der Waals surface area contributed by atoms with E-state index in [1.165, 1.54) is 0 Å². The normalized spacial score (nSPS) is 17.8. The lowest BCUT2D eigenvalue weighted by molar-refractivity contribution is -0.186. The van der Waals surface area contributed by atoms with Gasteiger partial charge in [0.2, 0.25) is 0 Å². The summed E-state index contributed by atoms with van der Waals surface area (Å²) in [6, 6.07) is 7.50. The molecule has 23 heavy (non-hydrogen) atoms. The van der Waals surface area contributed by atoms with Crippen LogP contribution in [0, 0.1) is 0 Å². The molecule has 1 aliphatic heterocycles. The zero-order valence-electron chi connectivity index (χ0n) is 12.6. The van der Waals surface area contributed by atoms with Gasteiger partial charge in [-0.05, 0) is 25.0 Å². The van der Waals surface area contributed by atoms with Gasteiger partial charge < -0.3 is 4.74 Å². The predicted octanol–water partition coefficient (Wildman–Crippen LogP) is 3.62. The van der Waals surface area contributed by atoms with Crippen molar-refractivity contribution in [2.75, 3.05) is 6.61 Å². The molecular weight excluding hydrogens is 332 g/mol. The molecule has 0 aliphatic carbocycles. The van der Waals surface area contributed by atoms with Gasteiger partial charge in [0.15, 0.2) is 6.29 Å². The fourth-order valence-electron chi connectivity index (χ4n) is 2.22. The summed E-state index contributed by atoms with van der Waals surface area (Å²) in [6.07, 6.45) is 2.56. The molecule has 0 bridgehead atoms. The number of hydroxylamine groups is 1. The molecular formula is C16H18N2O3S2. The lowest BCUT2D eigenvalue weighted by Crippen LogP contribution is -2.33. The van der Waals surface area contributed by atoms with Gasteiger partial charge in [-0.1, -0.05) is 12.1 Å². The van der Waals surface area contributed by atoms with Crippen LogP contribution in [0.15, 0.2) is 40.1 Å². The summed E-state index contributed by atoms with van der Waals surface area (Å²) >= 11 is 3.16. The van der Waals surface area contributed by atoms with E-state index in [4.69, 9.17) is 9.57 Å². The molecule has 1 aromatic carbocycles. The maximum Gasteiger partial charge on any atom is 0.276 e. The topological polar surface area (TPSA) is 60.5 Å². The fraction of sp³-hybridized carbons (Fsp3) is 0.375. The lowest BCUT2D eigenvalue weighted by atomic mass is 10.2. The number of nitrogens with one attached hydrogen (secondary N) is 1. The molecule has 7 heteroatoms. The first-order chi connectivity index (χ1) is 11.3. The predicted molar refractivity (Wildman–Crippen MR) is 90.3 cm³/mol. The third-order valence-electron chi connectivity index (χ3n) is 3.41.